The number of azide groups is 1. The van der Waals surface area contributed by atoms with Crippen LogP contribution in [-0.4, -0.2) is 31.9 Å². The van der Waals surface area contributed by atoms with Crippen LogP contribution in [0.5, 0.6) is 5.75 Å². The monoisotopic (exact) mass is 372 g/mol. The van der Waals surface area contributed by atoms with E-state index in [-0.39, 0.29) is 18.2 Å². The van der Waals surface area contributed by atoms with Crippen LogP contribution < -0.4 is 4.74 Å². The molecule has 26 heavy (non-hydrogen) atoms. The molecular formula is C18H17ClN4O3. The van der Waals surface area contributed by atoms with E-state index in [1.807, 2.05) is 0 Å². The number of carbonyl (C=O) groups is 1. The molecular weight excluding hydrogens is 356 g/mol. The van der Waals surface area contributed by atoms with Crippen LogP contribution in [0.2, 0.25) is 5.02 Å². The number of hydrogen-bond donors (Lipinski definition) is 0. The van der Waals surface area contributed by atoms with Crippen molar-refractivity contribution in [3.05, 3.63) is 69.1 Å². The van der Waals surface area contributed by atoms with Gasteiger partial charge in [-0.1, -0.05) is 16.7 Å². The highest BCUT2D eigenvalue weighted by Crippen LogP contribution is 2.27. The van der Waals surface area contributed by atoms with Gasteiger partial charge in [0, 0.05) is 21.1 Å². The van der Waals surface area contributed by atoms with Gasteiger partial charge in [-0.15, -0.1) is 0 Å². The number of carbonyl (C=O) groups excluding carboxylic acids is 1. The fourth-order valence-electron chi connectivity index (χ4n) is 2.19. The lowest BCUT2D eigenvalue weighted by Gasteiger charge is -2.09. The minimum atomic E-state index is -0.242. The molecule has 0 aliphatic rings. The molecule has 0 radical (unpaired) electrons. The molecule has 0 aliphatic carbocycles. The van der Waals surface area contributed by atoms with Crippen LogP contribution in [-0.2, 0) is 4.74 Å². The maximum absolute atomic E-state index is 12.9. The summed E-state index contributed by atoms with van der Waals surface area (Å²) in [7, 11) is 1.56. The summed E-state index contributed by atoms with van der Waals surface area (Å²) < 4.78 is 10.5. The molecule has 7 nitrogen and oxygen atoms in total. The average Bonchev–Trinajstić information content (AvgIpc) is 2.67. The van der Waals surface area contributed by atoms with Crippen molar-refractivity contribution in [3.63, 3.8) is 0 Å². The molecule has 2 aromatic carbocycles. The number of nitrogens with zero attached hydrogens (tertiary/aromatic N) is 4. The predicted octanol–water partition coefficient (Wildman–Crippen LogP) is 4.96. The van der Waals surface area contributed by atoms with Crippen LogP contribution in [0.25, 0.3) is 10.4 Å². The van der Waals surface area contributed by atoms with Crippen LogP contribution in [0.15, 0.2) is 52.6 Å². The molecule has 0 bridgehead atoms. The summed E-state index contributed by atoms with van der Waals surface area (Å²) in [5.74, 6) is 0.629. The van der Waals surface area contributed by atoms with E-state index in [0.29, 0.717) is 34.2 Å². The van der Waals surface area contributed by atoms with Gasteiger partial charge in [-0.25, -0.2) is 4.99 Å². The van der Waals surface area contributed by atoms with Crippen molar-refractivity contribution in [2.45, 2.75) is 6.92 Å². The van der Waals surface area contributed by atoms with E-state index in [0.717, 1.165) is 0 Å². The van der Waals surface area contributed by atoms with Crippen LogP contribution in [0.1, 0.15) is 22.8 Å². The Labute approximate surface area is 155 Å². The van der Waals surface area contributed by atoms with Gasteiger partial charge in [-0.05, 0) is 54.9 Å². The van der Waals surface area contributed by atoms with Crippen molar-refractivity contribution >= 4 is 29.0 Å². The van der Waals surface area contributed by atoms with Gasteiger partial charge >= 0.3 is 0 Å². The Morgan fingerprint density at radius 3 is 2.58 bits per heavy atom. The second kappa shape index (κ2) is 9.46. The summed E-state index contributed by atoms with van der Waals surface area (Å²) in [4.78, 5) is 19.9. The molecule has 0 saturated heterocycles. The molecule has 134 valence electrons. The number of ketones is 1. The zero-order valence-corrected chi connectivity index (χ0v) is 15.1. The molecule has 8 heteroatoms. The number of benzene rings is 2. The Morgan fingerprint density at radius 2 is 1.96 bits per heavy atom. The average molecular weight is 373 g/mol. The van der Waals surface area contributed by atoms with E-state index in [1.54, 1.807) is 56.5 Å². The molecule has 2 rings (SSSR count). The smallest absolute Gasteiger partial charge is 0.195 e. The zero-order valence-electron chi connectivity index (χ0n) is 14.3. The Balaban J connectivity index is 2.45. The largest absolute Gasteiger partial charge is 0.497 e. The highest BCUT2D eigenvalue weighted by Gasteiger charge is 2.15. The number of halogens is 1. The molecule has 0 N–H and O–H groups in total. The van der Waals surface area contributed by atoms with Crippen molar-refractivity contribution in [1.29, 1.82) is 0 Å². The van der Waals surface area contributed by atoms with E-state index >= 15 is 0 Å². The van der Waals surface area contributed by atoms with Crippen LogP contribution in [0.3, 0.4) is 0 Å². The minimum absolute atomic E-state index is 0.0524. The molecule has 0 aromatic heterocycles. The van der Waals surface area contributed by atoms with Crippen molar-refractivity contribution < 1.29 is 14.3 Å². The maximum Gasteiger partial charge on any atom is 0.195 e. The first-order chi connectivity index (χ1) is 12.6. The minimum Gasteiger partial charge on any atom is -0.497 e. The van der Waals surface area contributed by atoms with E-state index in [4.69, 9.17) is 26.6 Å². The third-order valence-electron chi connectivity index (χ3n) is 3.38. The Morgan fingerprint density at radius 1 is 1.23 bits per heavy atom. The fourth-order valence-corrected chi connectivity index (χ4v) is 2.36. The van der Waals surface area contributed by atoms with Crippen LogP contribution in [0.4, 0.5) is 5.69 Å². The molecule has 0 amide bonds. The van der Waals surface area contributed by atoms with Gasteiger partial charge in [0.15, 0.2) is 11.7 Å². The Kier molecular flexibility index (Phi) is 7.02. The summed E-state index contributed by atoms with van der Waals surface area (Å²) >= 11 is 6.06. The SMILES string of the molecule is CCOC(CN=[N+]=[N-])=Nc1ccc(Cl)cc1C(=O)c1ccc(OC)cc1. The molecule has 0 fully saturated rings. The molecule has 0 spiro atoms. The molecule has 0 aliphatic heterocycles. The second-order valence-electron chi connectivity index (χ2n) is 5.05. The summed E-state index contributed by atoms with van der Waals surface area (Å²) in [6.07, 6.45) is 0. The Bertz CT molecular complexity index is 859. The first-order valence-corrected chi connectivity index (χ1v) is 8.16. The number of hydrogen-bond acceptors (Lipinski definition) is 5. The summed E-state index contributed by atoms with van der Waals surface area (Å²) in [6, 6.07) is 11.5. The molecule has 2 aromatic rings. The second-order valence-corrected chi connectivity index (χ2v) is 5.48. The lowest BCUT2D eigenvalue weighted by molar-refractivity contribution is 0.103. The lowest BCUT2D eigenvalue weighted by Crippen LogP contribution is -2.09. The number of methoxy groups -OCH3 is 1. The van der Waals surface area contributed by atoms with Gasteiger partial charge in [0.1, 0.15) is 12.3 Å². The van der Waals surface area contributed by atoms with Gasteiger partial charge in [0.2, 0.25) is 0 Å². The van der Waals surface area contributed by atoms with Crippen molar-refractivity contribution in [3.8, 4) is 5.75 Å². The van der Waals surface area contributed by atoms with Gasteiger partial charge in [0.25, 0.3) is 0 Å². The summed E-state index contributed by atoms with van der Waals surface area (Å²) in [5, 5.41) is 3.87. The summed E-state index contributed by atoms with van der Waals surface area (Å²) in [5.41, 5.74) is 9.66. The van der Waals surface area contributed by atoms with E-state index < -0.39 is 0 Å². The quantitative estimate of drug-likeness (QED) is 0.171. The maximum atomic E-state index is 12.9. The first kappa shape index (κ1) is 19.3. The van der Waals surface area contributed by atoms with Crippen molar-refractivity contribution in [2.75, 3.05) is 20.3 Å². The van der Waals surface area contributed by atoms with Crippen molar-refractivity contribution in [2.24, 2.45) is 10.1 Å². The van der Waals surface area contributed by atoms with Gasteiger partial charge in [0.05, 0.1) is 19.4 Å². The third kappa shape index (κ3) is 4.99. The Hall–Kier alpha value is -3.02. The number of rotatable bonds is 7. The summed E-state index contributed by atoms with van der Waals surface area (Å²) in [6.45, 7) is 2.09. The lowest BCUT2D eigenvalue weighted by atomic mass is 10.0. The highest BCUT2D eigenvalue weighted by molar-refractivity contribution is 6.31. The third-order valence-corrected chi connectivity index (χ3v) is 3.62. The molecule has 0 heterocycles. The van der Waals surface area contributed by atoms with Crippen LogP contribution >= 0.6 is 11.6 Å². The highest BCUT2D eigenvalue weighted by atomic mass is 35.5. The number of ether oxygens (including phenoxy) is 2. The van der Waals surface area contributed by atoms with Crippen molar-refractivity contribution in [1.82, 2.24) is 0 Å². The number of aliphatic imine (C=N–C) groups is 1. The van der Waals surface area contributed by atoms with Gasteiger partial charge in [-0.3, -0.25) is 4.79 Å². The molecule has 0 unspecified atom stereocenters. The van der Waals surface area contributed by atoms with E-state index in [2.05, 4.69) is 15.0 Å². The molecule has 0 atom stereocenters. The normalized spacial score (nSPS) is 10.8. The van der Waals surface area contributed by atoms with Gasteiger partial charge in [-0.2, -0.15) is 0 Å². The molecule has 0 saturated carbocycles. The van der Waals surface area contributed by atoms with Gasteiger partial charge < -0.3 is 9.47 Å². The van der Waals surface area contributed by atoms with Crippen LogP contribution in [0, 0.1) is 0 Å². The predicted molar refractivity (Wildman–Crippen MR) is 101 cm³/mol. The van der Waals surface area contributed by atoms with E-state index in [1.165, 1.54) is 0 Å². The zero-order chi connectivity index (χ0) is 18.9. The first-order valence-electron chi connectivity index (χ1n) is 7.78. The topological polar surface area (TPSA) is 96.6 Å². The van der Waals surface area contributed by atoms with E-state index in [9.17, 15) is 4.79 Å². The standard InChI is InChI=1S/C18H17ClN4O3/c1-3-26-17(11-21-23-20)22-16-9-6-13(19)10-15(16)18(24)12-4-7-14(25-2)8-5-12/h4-10H,3,11H2,1-2H3. The fraction of sp³-hybridized carbons (Fsp3) is 0.222.